The van der Waals surface area contributed by atoms with Gasteiger partial charge in [0.2, 0.25) is 0 Å². The molecule has 0 saturated heterocycles. The third-order valence-electron chi connectivity index (χ3n) is 2.67. The van der Waals surface area contributed by atoms with Crippen molar-refractivity contribution >= 4 is 11.6 Å². The van der Waals surface area contributed by atoms with Crippen LogP contribution in [0, 0.1) is 6.92 Å². The first kappa shape index (κ1) is 12.1. The van der Waals surface area contributed by atoms with E-state index in [9.17, 15) is 9.90 Å². The van der Waals surface area contributed by atoms with Gasteiger partial charge >= 0.3 is 0 Å². The molecule has 1 heterocycles. The normalized spacial score (nSPS) is 10.1. The largest absolute Gasteiger partial charge is 0.508 e. The molecule has 1 aromatic carbocycles. The number of nitrogens with zero attached hydrogens (tertiary/aromatic N) is 2. The van der Waals surface area contributed by atoms with Crippen molar-refractivity contribution in [2.75, 3.05) is 11.9 Å². The van der Waals surface area contributed by atoms with Gasteiger partial charge in [0.15, 0.2) is 0 Å². The number of pyridine rings is 1. The molecule has 0 fully saturated rings. The predicted octanol–water partition coefficient (Wildman–Crippen LogP) is 2.37. The fourth-order valence-electron chi connectivity index (χ4n) is 1.69. The number of phenols is 1. The van der Waals surface area contributed by atoms with Gasteiger partial charge in [0.25, 0.3) is 5.91 Å². The van der Waals surface area contributed by atoms with Crippen LogP contribution in [-0.4, -0.2) is 23.0 Å². The number of anilines is 1. The van der Waals surface area contributed by atoms with Gasteiger partial charge in [-0.3, -0.25) is 9.78 Å². The monoisotopic (exact) mass is 242 g/mol. The Labute approximate surface area is 106 Å². The van der Waals surface area contributed by atoms with Gasteiger partial charge in [-0.15, -0.1) is 0 Å². The molecule has 1 amide bonds. The number of carbonyl (C=O) groups excluding carboxylic acids is 1. The Morgan fingerprint density at radius 3 is 2.72 bits per heavy atom. The average molecular weight is 242 g/mol. The van der Waals surface area contributed by atoms with E-state index in [2.05, 4.69) is 4.98 Å². The molecule has 0 bridgehead atoms. The molecule has 0 atom stereocenters. The van der Waals surface area contributed by atoms with Gasteiger partial charge in [-0.05, 0) is 31.2 Å². The molecule has 0 aliphatic carbocycles. The maximum atomic E-state index is 12.2. The first-order chi connectivity index (χ1) is 8.58. The van der Waals surface area contributed by atoms with E-state index in [0.29, 0.717) is 11.3 Å². The number of amides is 1. The molecule has 1 aromatic heterocycles. The highest BCUT2D eigenvalue weighted by molar-refractivity contribution is 6.05. The predicted molar refractivity (Wildman–Crippen MR) is 69.8 cm³/mol. The number of rotatable bonds is 2. The molecule has 2 aromatic rings. The summed E-state index contributed by atoms with van der Waals surface area (Å²) in [5, 5.41) is 9.41. The maximum Gasteiger partial charge on any atom is 0.258 e. The molecular weight excluding hydrogens is 228 g/mol. The smallest absolute Gasteiger partial charge is 0.258 e. The van der Waals surface area contributed by atoms with Crippen molar-refractivity contribution in [3.63, 3.8) is 0 Å². The Morgan fingerprint density at radius 1 is 1.28 bits per heavy atom. The van der Waals surface area contributed by atoms with Crippen molar-refractivity contribution in [1.82, 2.24) is 4.98 Å². The summed E-state index contributed by atoms with van der Waals surface area (Å²) in [6.07, 6.45) is 1.61. The topological polar surface area (TPSA) is 53.4 Å². The Morgan fingerprint density at radius 2 is 2.06 bits per heavy atom. The van der Waals surface area contributed by atoms with Crippen molar-refractivity contribution in [2.24, 2.45) is 0 Å². The van der Waals surface area contributed by atoms with E-state index in [4.69, 9.17) is 0 Å². The Balaban J connectivity index is 2.29. The number of carbonyl (C=O) groups is 1. The maximum absolute atomic E-state index is 12.2. The number of aryl methyl sites for hydroxylation is 1. The number of hydrogen-bond acceptors (Lipinski definition) is 3. The zero-order valence-corrected chi connectivity index (χ0v) is 10.3. The van der Waals surface area contributed by atoms with Crippen LogP contribution in [0.1, 0.15) is 16.1 Å². The van der Waals surface area contributed by atoms with E-state index in [1.54, 1.807) is 49.6 Å². The summed E-state index contributed by atoms with van der Waals surface area (Å²) < 4.78 is 0. The number of aromatic nitrogens is 1. The number of phenolic OH excluding ortho intramolecular Hbond substituents is 1. The summed E-state index contributed by atoms with van der Waals surface area (Å²) in [5.41, 5.74) is 2.02. The van der Waals surface area contributed by atoms with Gasteiger partial charge in [0.1, 0.15) is 5.75 Å². The van der Waals surface area contributed by atoms with E-state index in [1.807, 2.05) is 6.92 Å². The van der Waals surface area contributed by atoms with Crippen molar-refractivity contribution in [3.8, 4) is 5.75 Å². The second-order valence-electron chi connectivity index (χ2n) is 4.07. The van der Waals surface area contributed by atoms with Gasteiger partial charge in [0.05, 0.1) is 0 Å². The van der Waals surface area contributed by atoms with Gasteiger partial charge in [0, 0.05) is 36.3 Å². The molecule has 4 heteroatoms. The van der Waals surface area contributed by atoms with Crippen LogP contribution < -0.4 is 4.90 Å². The number of benzene rings is 1. The minimum atomic E-state index is -0.133. The Hall–Kier alpha value is -2.36. The molecular formula is C14H14N2O2. The fourth-order valence-corrected chi connectivity index (χ4v) is 1.69. The molecule has 0 aliphatic heterocycles. The van der Waals surface area contributed by atoms with E-state index in [0.717, 1.165) is 5.69 Å². The molecule has 0 aliphatic rings. The number of hydrogen-bond donors (Lipinski definition) is 1. The fraction of sp³-hybridized carbons (Fsp3) is 0.143. The molecule has 0 saturated carbocycles. The van der Waals surface area contributed by atoms with Crippen molar-refractivity contribution in [2.45, 2.75) is 6.92 Å². The molecule has 92 valence electrons. The van der Waals surface area contributed by atoms with Gasteiger partial charge in [-0.1, -0.05) is 6.07 Å². The van der Waals surface area contributed by atoms with Crippen LogP contribution in [0.4, 0.5) is 5.69 Å². The molecule has 0 spiro atoms. The second-order valence-corrected chi connectivity index (χ2v) is 4.07. The van der Waals surface area contributed by atoms with Crippen LogP contribution in [0.3, 0.4) is 0 Å². The summed E-state index contributed by atoms with van der Waals surface area (Å²) in [5.74, 6) is 0.00385. The second kappa shape index (κ2) is 4.87. The van der Waals surface area contributed by atoms with E-state index >= 15 is 0 Å². The van der Waals surface area contributed by atoms with Crippen LogP contribution in [0.15, 0.2) is 42.6 Å². The highest BCUT2D eigenvalue weighted by atomic mass is 16.3. The van der Waals surface area contributed by atoms with Crippen LogP contribution in [0.25, 0.3) is 0 Å². The summed E-state index contributed by atoms with van der Waals surface area (Å²) in [7, 11) is 1.67. The van der Waals surface area contributed by atoms with Crippen LogP contribution >= 0.6 is 0 Å². The zero-order valence-electron chi connectivity index (χ0n) is 10.3. The Kier molecular flexibility index (Phi) is 3.28. The van der Waals surface area contributed by atoms with Crippen molar-refractivity contribution in [3.05, 3.63) is 53.9 Å². The summed E-state index contributed by atoms with van der Waals surface area (Å²) in [4.78, 5) is 17.8. The first-order valence-electron chi connectivity index (χ1n) is 5.57. The molecule has 18 heavy (non-hydrogen) atoms. The molecule has 0 unspecified atom stereocenters. The molecule has 2 rings (SSSR count). The lowest BCUT2D eigenvalue weighted by Gasteiger charge is -2.17. The minimum Gasteiger partial charge on any atom is -0.508 e. The van der Waals surface area contributed by atoms with Crippen molar-refractivity contribution in [1.29, 1.82) is 0 Å². The highest BCUT2D eigenvalue weighted by Gasteiger charge is 2.13. The van der Waals surface area contributed by atoms with Crippen LogP contribution in [-0.2, 0) is 0 Å². The van der Waals surface area contributed by atoms with Crippen molar-refractivity contribution < 1.29 is 9.90 Å². The lowest BCUT2D eigenvalue weighted by molar-refractivity contribution is 0.0993. The summed E-state index contributed by atoms with van der Waals surface area (Å²) in [6, 6.07) is 10.00. The third kappa shape index (κ3) is 2.48. The third-order valence-corrected chi connectivity index (χ3v) is 2.67. The van der Waals surface area contributed by atoms with Crippen LogP contribution in [0.5, 0.6) is 5.75 Å². The van der Waals surface area contributed by atoms with Gasteiger partial charge in [-0.2, -0.15) is 0 Å². The standard InChI is InChI=1S/C14H14N2O2/c1-10-8-11(6-7-15-10)14(18)16(2)12-4-3-5-13(17)9-12/h3-9,17H,1-2H3. The molecule has 4 nitrogen and oxygen atoms in total. The highest BCUT2D eigenvalue weighted by Crippen LogP contribution is 2.20. The summed E-state index contributed by atoms with van der Waals surface area (Å²) >= 11 is 0. The lowest BCUT2D eigenvalue weighted by Crippen LogP contribution is -2.26. The lowest BCUT2D eigenvalue weighted by atomic mass is 10.2. The quantitative estimate of drug-likeness (QED) is 0.879. The molecule has 0 radical (unpaired) electrons. The minimum absolute atomic E-state index is 0.133. The van der Waals surface area contributed by atoms with Gasteiger partial charge in [-0.25, -0.2) is 0 Å². The van der Waals surface area contributed by atoms with E-state index < -0.39 is 0 Å². The van der Waals surface area contributed by atoms with E-state index in [1.165, 1.54) is 4.90 Å². The zero-order chi connectivity index (χ0) is 13.1. The van der Waals surface area contributed by atoms with Crippen LogP contribution in [0.2, 0.25) is 0 Å². The first-order valence-corrected chi connectivity index (χ1v) is 5.57. The van der Waals surface area contributed by atoms with E-state index in [-0.39, 0.29) is 11.7 Å². The molecule has 1 N–H and O–H groups in total. The average Bonchev–Trinajstić information content (AvgIpc) is 2.37. The Bertz CT molecular complexity index is 582. The summed E-state index contributed by atoms with van der Waals surface area (Å²) in [6.45, 7) is 1.84. The SMILES string of the molecule is Cc1cc(C(=O)N(C)c2cccc(O)c2)ccn1. The number of aromatic hydroxyl groups is 1. The van der Waals surface area contributed by atoms with Gasteiger partial charge < -0.3 is 10.0 Å².